The normalized spacial score (nSPS) is 20.4. The summed E-state index contributed by atoms with van der Waals surface area (Å²) < 4.78 is 41.5. The van der Waals surface area contributed by atoms with E-state index in [4.69, 9.17) is 5.73 Å². The van der Waals surface area contributed by atoms with Crippen LogP contribution in [-0.4, -0.2) is 11.0 Å². The van der Waals surface area contributed by atoms with Crippen molar-refractivity contribution in [3.8, 4) is 11.3 Å². The minimum Gasteiger partial charge on any atom is -0.352 e. The molecule has 0 saturated heterocycles. The van der Waals surface area contributed by atoms with E-state index in [1.54, 1.807) is 19.1 Å². The molecule has 0 spiro atoms. The highest BCUT2D eigenvalue weighted by atomic mass is 19.1. The van der Waals surface area contributed by atoms with Gasteiger partial charge in [0.25, 0.3) is 0 Å². The van der Waals surface area contributed by atoms with Gasteiger partial charge in [0.05, 0.1) is 11.2 Å². The average Bonchev–Trinajstić information content (AvgIpc) is 2.86. The van der Waals surface area contributed by atoms with Crippen LogP contribution < -0.4 is 5.73 Å². The molecule has 1 aromatic heterocycles. The molecule has 24 heavy (non-hydrogen) atoms. The van der Waals surface area contributed by atoms with Crippen molar-refractivity contribution in [2.45, 2.75) is 31.7 Å². The van der Waals surface area contributed by atoms with E-state index in [1.807, 2.05) is 0 Å². The minimum absolute atomic E-state index is 0.112. The predicted molar refractivity (Wildman–Crippen MR) is 88.3 cm³/mol. The lowest BCUT2D eigenvalue weighted by Crippen LogP contribution is -2.34. The predicted octanol–water partition coefficient (Wildman–Crippen LogP) is 4.77. The molecule has 3 N–H and O–H groups in total. The zero-order valence-electron chi connectivity index (χ0n) is 13.2. The van der Waals surface area contributed by atoms with E-state index in [0.29, 0.717) is 10.9 Å². The van der Waals surface area contributed by atoms with Crippen LogP contribution in [0, 0.1) is 24.4 Å². The Kier molecular flexibility index (Phi) is 3.42. The van der Waals surface area contributed by atoms with Crippen LogP contribution in [-0.2, 0) is 0 Å². The number of aryl methyl sites for hydroxylation is 1. The zero-order chi connectivity index (χ0) is 17.0. The van der Waals surface area contributed by atoms with E-state index in [9.17, 15) is 13.2 Å². The minimum atomic E-state index is -0.625. The Labute approximate surface area is 137 Å². The topological polar surface area (TPSA) is 41.8 Å². The summed E-state index contributed by atoms with van der Waals surface area (Å²) in [6.07, 6.45) is 1.55. The summed E-state index contributed by atoms with van der Waals surface area (Å²) in [4.78, 5) is 3.08. The fourth-order valence-electron chi connectivity index (χ4n) is 3.59. The van der Waals surface area contributed by atoms with Gasteiger partial charge in [-0.3, -0.25) is 0 Å². The molecule has 1 aliphatic carbocycles. The SMILES string of the molecule is Cc1cc(-c2[nH]c3c(F)cc(F)cc3c2C2CC(N)C2)ccc1F. The molecule has 0 amide bonds. The Bertz CT molecular complexity index is 939. The van der Waals surface area contributed by atoms with Crippen LogP contribution in [0.15, 0.2) is 30.3 Å². The Morgan fingerprint density at radius 3 is 2.46 bits per heavy atom. The van der Waals surface area contributed by atoms with E-state index in [-0.39, 0.29) is 23.3 Å². The molecule has 124 valence electrons. The largest absolute Gasteiger partial charge is 0.352 e. The van der Waals surface area contributed by atoms with Crippen molar-refractivity contribution in [2.24, 2.45) is 5.73 Å². The number of halogens is 3. The second-order valence-corrected chi connectivity index (χ2v) is 6.62. The lowest BCUT2D eigenvalue weighted by Gasteiger charge is -2.33. The first kappa shape index (κ1) is 15.3. The van der Waals surface area contributed by atoms with Gasteiger partial charge in [0.15, 0.2) is 0 Å². The molecule has 0 bridgehead atoms. The first-order valence-electron chi connectivity index (χ1n) is 7.96. The van der Waals surface area contributed by atoms with Gasteiger partial charge in [0.1, 0.15) is 17.5 Å². The van der Waals surface area contributed by atoms with Crippen molar-refractivity contribution < 1.29 is 13.2 Å². The molecule has 3 aromatic rings. The summed E-state index contributed by atoms with van der Waals surface area (Å²) in [6.45, 7) is 1.68. The smallest absolute Gasteiger partial charge is 0.150 e. The molecule has 5 heteroatoms. The van der Waals surface area contributed by atoms with Crippen LogP contribution in [0.1, 0.15) is 29.9 Å². The fraction of sp³-hybridized carbons (Fsp3) is 0.263. The van der Waals surface area contributed by atoms with Crippen LogP contribution in [0.3, 0.4) is 0 Å². The molecule has 0 atom stereocenters. The van der Waals surface area contributed by atoms with Crippen LogP contribution in [0.4, 0.5) is 13.2 Å². The third-order valence-electron chi connectivity index (χ3n) is 4.89. The summed E-state index contributed by atoms with van der Waals surface area (Å²) >= 11 is 0. The van der Waals surface area contributed by atoms with E-state index in [0.717, 1.165) is 35.7 Å². The van der Waals surface area contributed by atoms with Gasteiger partial charge in [0, 0.05) is 17.5 Å². The second kappa shape index (κ2) is 5.38. The van der Waals surface area contributed by atoms with Crippen molar-refractivity contribution in [1.82, 2.24) is 4.98 Å². The van der Waals surface area contributed by atoms with Gasteiger partial charge in [-0.15, -0.1) is 0 Å². The van der Waals surface area contributed by atoms with Crippen LogP contribution >= 0.6 is 0 Å². The van der Waals surface area contributed by atoms with Crippen molar-refractivity contribution >= 4 is 10.9 Å². The quantitative estimate of drug-likeness (QED) is 0.698. The van der Waals surface area contributed by atoms with Crippen LogP contribution in [0.5, 0.6) is 0 Å². The zero-order valence-corrected chi connectivity index (χ0v) is 13.2. The highest BCUT2D eigenvalue weighted by Crippen LogP contribution is 2.45. The highest BCUT2D eigenvalue weighted by molar-refractivity contribution is 5.92. The average molecular weight is 330 g/mol. The van der Waals surface area contributed by atoms with Gasteiger partial charge < -0.3 is 10.7 Å². The van der Waals surface area contributed by atoms with Crippen molar-refractivity contribution in [2.75, 3.05) is 0 Å². The maximum Gasteiger partial charge on any atom is 0.150 e. The third-order valence-corrected chi connectivity index (χ3v) is 4.89. The molecule has 1 heterocycles. The van der Waals surface area contributed by atoms with Gasteiger partial charge in [-0.2, -0.15) is 0 Å². The van der Waals surface area contributed by atoms with Crippen molar-refractivity contribution in [3.63, 3.8) is 0 Å². The van der Waals surface area contributed by atoms with Crippen LogP contribution in [0.25, 0.3) is 22.2 Å². The monoisotopic (exact) mass is 330 g/mol. The van der Waals surface area contributed by atoms with Crippen LogP contribution in [0.2, 0.25) is 0 Å². The number of hydrogen-bond acceptors (Lipinski definition) is 1. The number of fused-ring (bicyclic) bond motifs is 1. The molecule has 2 nitrogen and oxygen atoms in total. The number of benzene rings is 2. The van der Waals surface area contributed by atoms with Gasteiger partial charge in [-0.1, -0.05) is 0 Å². The number of nitrogens with two attached hydrogens (primary N) is 1. The number of hydrogen-bond donors (Lipinski definition) is 2. The Hall–Kier alpha value is -2.27. The number of H-pyrrole nitrogens is 1. The van der Waals surface area contributed by atoms with Crippen molar-refractivity contribution in [3.05, 3.63) is 58.9 Å². The Balaban J connectivity index is 1.98. The standard InChI is InChI=1S/C19H17F3N2/c1-9-4-10(2-3-15(9)21)18-17(11-5-13(23)6-11)14-7-12(20)8-16(22)19(14)24-18/h2-4,7-8,11,13,24H,5-6,23H2,1H3. The summed E-state index contributed by atoms with van der Waals surface area (Å²) in [6, 6.07) is 7.10. The molecular formula is C19H17F3N2. The Morgan fingerprint density at radius 2 is 1.79 bits per heavy atom. The van der Waals surface area contributed by atoms with E-state index in [1.165, 1.54) is 12.1 Å². The number of nitrogens with one attached hydrogen (secondary N) is 1. The number of aromatic nitrogens is 1. The lowest BCUT2D eigenvalue weighted by atomic mass is 9.74. The molecule has 1 fully saturated rings. The first-order valence-corrected chi connectivity index (χ1v) is 7.96. The molecule has 2 aromatic carbocycles. The highest BCUT2D eigenvalue weighted by Gasteiger charge is 2.32. The molecule has 1 aliphatic rings. The summed E-state index contributed by atoms with van der Waals surface area (Å²) in [5.41, 5.74) is 9.05. The maximum absolute atomic E-state index is 14.2. The number of aromatic amines is 1. The lowest BCUT2D eigenvalue weighted by molar-refractivity contribution is 0.354. The van der Waals surface area contributed by atoms with Gasteiger partial charge in [-0.25, -0.2) is 13.2 Å². The van der Waals surface area contributed by atoms with Crippen molar-refractivity contribution in [1.29, 1.82) is 0 Å². The molecule has 1 saturated carbocycles. The maximum atomic E-state index is 14.2. The number of rotatable bonds is 2. The molecule has 0 aliphatic heterocycles. The molecule has 4 rings (SSSR count). The molecule has 0 radical (unpaired) electrons. The van der Waals surface area contributed by atoms with Gasteiger partial charge in [-0.05, 0) is 66.6 Å². The first-order chi connectivity index (χ1) is 11.4. The molecular weight excluding hydrogens is 313 g/mol. The van der Waals surface area contributed by atoms with E-state index < -0.39 is 11.6 Å². The van der Waals surface area contributed by atoms with Gasteiger partial charge in [0.2, 0.25) is 0 Å². The van der Waals surface area contributed by atoms with E-state index in [2.05, 4.69) is 4.98 Å². The second-order valence-electron chi connectivity index (χ2n) is 6.62. The fourth-order valence-corrected chi connectivity index (χ4v) is 3.59. The Morgan fingerprint density at radius 1 is 1.04 bits per heavy atom. The third kappa shape index (κ3) is 2.31. The summed E-state index contributed by atoms with van der Waals surface area (Å²) in [7, 11) is 0. The summed E-state index contributed by atoms with van der Waals surface area (Å²) in [5.74, 6) is -1.37. The van der Waals surface area contributed by atoms with Gasteiger partial charge >= 0.3 is 0 Å². The molecule has 0 unspecified atom stereocenters. The van der Waals surface area contributed by atoms with E-state index >= 15 is 0 Å². The summed E-state index contributed by atoms with van der Waals surface area (Å²) in [5, 5.41) is 0.543.